The molecule has 0 aliphatic heterocycles. The summed E-state index contributed by atoms with van der Waals surface area (Å²) < 4.78 is 25.3. The van der Waals surface area contributed by atoms with Crippen molar-refractivity contribution >= 4 is 22.6 Å². The number of esters is 1. The summed E-state index contributed by atoms with van der Waals surface area (Å²) in [7, 11) is -1.19. The van der Waals surface area contributed by atoms with Crippen molar-refractivity contribution in [3.8, 4) is 0 Å². The smallest absolute Gasteiger partial charge is 0.338 e. The van der Waals surface area contributed by atoms with Crippen LogP contribution in [0.4, 0.5) is 0 Å². The van der Waals surface area contributed by atoms with Crippen molar-refractivity contribution in [1.29, 1.82) is 0 Å². The predicted octanol–water partition coefficient (Wildman–Crippen LogP) is 8.18. The van der Waals surface area contributed by atoms with Crippen LogP contribution >= 0.6 is 0 Å². The van der Waals surface area contributed by atoms with Gasteiger partial charge in [0.05, 0.1) is 19.3 Å². The first-order valence-electron chi connectivity index (χ1n) is 16.6. The molecule has 0 saturated heterocycles. The van der Waals surface area contributed by atoms with Gasteiger partial charge in [0.25, 0.3) is 0 Å². The number of methoxy groups -OCH3 is 2. The molecular weight excluding hydrogens is 573 g/mol. The van der Waals surface area contributed by atoms with Crippen LogP contribution in [-0.2, 0) is 23.1 Å². The maximum atomic E-state index is 12.8. The van der Waals surface area contributed by atoms with E-state index in [2.05, 4.69) is 93.7 Å². The topological polar surface area (TPSA) is 74.2 Å². The number of hydrogen-bond acceptors (Lipinski definition) is 6. The highest BCUT2D eigenvalue weighted by atomic mass is 28.4. The maximum Gasteiger partial charge on any atom is 0.338 e. The molecule has 4 aliphatic rings. The van der Waals surface area contributed by atoms with Gasteiger partial charge in [-0.05, 0) is 86.6 Å². The Bertz CT molecular complexity index is 1150. The van der Waals surface area contributed by atoms with E-state index in [9.17, 15) is 9.90 Å². The number of carbonyl (C=O) groups excluding carboxylic acids is 1. The molecule has 4 rings (SSSR count). The summed E-state index contributed by atoms with van der Waals surface area (Å²) in [4.78, 5) is 12.8. The second-order valence-corrected chi connectivity index (χ2v) is 27.1. The van der Waals surface area contributed by atoms with E-state index in [1.54, 1.807) is 0 Å². The summed E-state index contributed by atoms with van der Waals surface area (Å²) in [5, 5.41) is 12.4. The first-order chi connectivity index (χ1) is 19.5. The van der Waals surface area contributed by atoms with Crippen LogP contribution < -0.4 is 0 Å². The van der Waals surface area contributed by atoms with Gasteiger partial charge in [-0.1, -0.05) is 78.7 Å². The number of hydrogen-bond donors (Lipinski definition) is 1. The van der Waals surface area contributed by atoms with Gasteiger partial charge >= 0.3 is 5.97 Å². The SMILES string of the molecule is COC(=O)[C@H](OC)[C@]1(O)CC[C@H]2C3=CC=C4C[C@@H](O[Si](C)(C)C(C)(C)C)C[C@H](O[Si](C)(C)C(C)(C)C)[C@]4(C)[C@H]3CC[C@@]21C. The molecule has 8 atom stereocenters. The number of carbonyl (C=O) groups is 1. The molecule has 0 spiro atoms. The second-order valence-electron chi connectivity index (χ2n) is 17.6. The molecule has 0 heterocycles. The van der Waals surface area contributed by atoms with Crippen LogP contribution in [0.15, 0.2) is 23.3 Å². The van der Waals surface area contributed by atoms with Gasteiger partial charge in [0.2, 0.25) is 0 Å². The Morgan fingerprint density at radius 2 is 1.47 bits per heavy atom. The lowest BCUT2D eigenvalue weighted by Gasteiger charge is -2.60. The normalized spacial score (nSPS) is 37.5. The number of ether oxygens (including phenoxy) is 2. The minimum absolute atomic E-state index is 0.0586. The molecule has 0 amide bonds. The molecule has 0 aromatic carbocycles. The fourth-order valence-corrected chi connectivity index (χ4v) is 11.2. The monoisotopic (exact) mass is 634 g/mol. The Kier molecular flexibility index (Phi) is 9.13. The van der Waals surface area contributed by atoms with Crippen molar-refractivity contribution in [3.63, 3.8) is 0 Å². The van der Waals surface area contributed by atoms with Gasteiger partial charge in [-0.3, -0.25) is 0 Å². The average Bonchev–Trinajstić information content (AvgIpc) is 3.14. The second kappa shape index (κ2) is 11.2. The zero-order valence-electron chi connectivity index (χ0n) is 29.8. The van der Waals surface area contributed by atoms with Gasteiger partial charge in [-0.25, -0.2) is 4.79 Å². The number of rotatable bonds is 7. The summed E-state index contributed by atoms with van der Waals surface area (Å²) in [6.07, 6.45) is 8.94. The van der Waals surface area contributed by atoms with Crippen LogP contribution in [0, 0.1) is 22.7 Å². The zero-order chi connectivity index (χ0) is 32.6. The van der Waals surface area contributed by atoms with Crippen molar-refractivity contribution in [2.75, 3.05) is 14.2 Å². The lowest BCUT2D eigenvalue weighted by atomic mass is 9.49. The molecule has 0 bridgehead atoms. The third-order valence-electron chi connectivity index (χ3n) is 13.4. The molecule has 0 unspecified atom stereocenters. The largest absolute Gasteiger partial charge is 0.467 e. The molecule has 3 saturated carbocycles. The Hall–Kier alpha value is -0.776. The highest BCUT2D eigenvalue weighted by molar-refractivity contribution is 6.74. The van der Waals surface area contributed by atoms with Crippen molar-refractivity contribution in [2.45, 2.75) is 154 Å². The molecule has 0 radical (unpaired) electrons. The number of fused-ring (bicyclic) bond motifs is 5. The molecule has 246 valence electrons. The minimum atomic E-state index is -2.10. The summed E-state index contributed by atoms with van der Waals surface area (Å²) in [6.45, 7) is 28.1. The molecule has 3 fully saturated rings. The molecule has 43 heavy (non-hydrogen) atoms. The summed E-state index contributed by atoms with van der Waals surface area (Å²) in [6, 6.07) is 0. The average molecular weight is 635 g/mol. The highest BCUT2D eigenvalue weighted by Gasteiger charge is 2.67. The Morgan fingerprint density at radius 3 is 2.00 bits per heavy atom. The van der Waals surface area contributed by atoms with Crippen LogP contribution in [0.1, 0.15) is 93.9 Å². The molecule has 4 aliphatic carbocycles. The van der Waals surface area contributed by atoms with E-state index in [1.165, 1.54) is 25.4 Å². The van der Waals surface area contributed by atoms with Gasteiger partial charge in [-0.2, -0.15) is 0 Å². The van der Waals surface area contributed by atoms with Gasteiger partial charge in [0, 0.05) is 17.9 Å². The molecular formula is C35H62O6Si2. The van der Waals surface area contributed by atoms with Crippen molar-refractivity contribution < 1.29 is 28.2 Å². The number of aliphatic hydroxyl groups is 1. The third kappa shape index (κ3) is 5.52. The fourth-order valence-electron chi connectivity index (χ4n) is 8.47. The summed E-state index contributed by atoms with van der Waals surface area (Å²) in [5.74, 6) is 0.00203. The third-order valence-corrected chi connectivity index (χ3v) is 22.4. The first kappa shape index (κ1) is 35.1. The molecule has 6 nitrogen and oxygen atoms in total. The van der Waals surface area contributed by atoms with E-state index < -0.39 is 39.7 Å². The Morgan fingerprint density at radius 1 is 0.907 bits per heavy atom. The van der Waals surface area contributed by atoms with Crippen molar-refractivity contribution in [1.82, 2.24) is 0 Å². The van der Waals surface area contributed by atoms with Crippen molar-refractivity contribution in [2.24, 2.45) is 22.7 Å². The van der Waals surface area contributed by atoms with Crippen LogP contribution in [0.2, 0.25) is 36.3 Å². The lowest BCUT2D eigenvalue weighted by molar-refractivity contribution is -0.193. The predicted molar refractivity (Wildman–Crippen MR) is 179 cm³/mol. The highest BCUT2D eigenvalue weighted by Crippen LogP contribution is 2.67. The Labute approximate surface area is 264 Å². The first-order valence-corrected chi connectivity index (χ1v) is 22.4. The fraction of sp³-hybridized carbons (Fsp3) is 0.857. The van der Waals surface area contributed by atoms with E-state index in [0.717, 1.165) is 32.1 Å². The molecule has 0 aromatic rings. The van der Waals surface area contributed by atoms with E-state index in [-0.39, 0.29) is 33.6 Å². The maximum absolute atomic E-state index is 12.8. The quantitative estimate of drug-likeness (QED) is 0.225. The molecule has 1 N–H and O–H groups in total. The van der Waals surface area contributed by atoms with Crippen LogP contribution in [-0.4, -0.2) is 65.8 Å². The molecule has 8 heteroatoms. The van der Waals surface area contributed by atoms with E-state index in [0.29, 0.717) is 12.3 Å². The van der Waals surface area contributed by atoms with Crippen LogP contribution in [0.5, 0.6) is 0 Å². The van der Waals surface area contributed by atoms with Gasteiger partial charge < -0.3 is 23.4 Å². The van der Waals surface area contributed by atoms with Gasteiger partial charge in [-0.15, -0.1) is 0 Å². The number of allylic oxidation sites excluding steroid dienone is 3. The molecule has 0 aromatic heterocycles. The van der Waals surface area contributed by atoms with Crippen molar-refractivity contribution in [3.05, 3.63) is 23.3 Å². The van der Waals surface area contributed by atoms with E-state index in [4.69, 9.17) is 18.3 Å². The lowest BCUT2D eigenvalue weighted by Crippen LogP contribution is -2.61. The Balaban J connectivity index is 1.76. The van der Waals surface area contributed by atoms with E-state index >= 15 is 0 Å². The minimum Gasteiger partial charge on any atom is -0.467 e. The zero-order valence-corrected chi connectivity index (χ0v) is 31.8. The standard InChI is InChI=1S/C35H62O6Si2/c1-31(2,3)42(11,12)40-24-21-23-15-16-25-26-18-20-35(37,29(38-9)30(36)39-10)33(26,7)19-17-27(25)34(23,8)28(22-24)41-43(13,14)32(4,5)6/h15-16,24,26-29,37H,17-22H2,1-14H3/t24-,26+,27+,28+,29+,33+,34+,35-/m1/s1. The van der Waals surface area contributed by atoms with Crippen LogP contribution in [0.3, 0.4) is 0 Å². The van der Waals surface area contributed by atoms with Crippen LogP contribution in [0.25, 0.3) is 0 Å². The van der Waals surface area contributed by atoms with Gasteiger partial charge in [0.15, 0.2) is 22.7 Å². The van der Waals surface area contributed by atoms with Gasteiger partial charge in [0.1, 0.15) is 5.60 Å². The summed E-state index contributed by atoms with van der Waals surface area (Å²) >= 11 is 0. The summed E-state index contributed by atoms with van der Waals surface area (Å²) in [5.41, 5.74) is 0.980. The van der Waals surface area contributed by atoms with E-state index in [1.807, 2.05) is 0 Å².